The number of para-hydroxylation sites is 1. The fourth-order valence-electron chi connectivity index (χ4n) is 3.62. The Balaban J connectivity index is 1.42. The lowest BCUT2D eigenvalue weighted by Gasteiger charge is -2.14. The normalized spacial score (nSPS) is 13.9. The number of halogens is 2. The molecule has 9 nitrogen and oxygen atoms in total. The molecule has 0 radical (unpaired) electrons. The van der Waals surface area contributed by atoms with Crippen LogP contribution in [-0.4, -0.2) is 48.1 Å². The van der Waals surface area contributed by atoms with Gasteiger partial charge < -0.3 is 20.1 Å². The van der Waals surface area contributed by atoms with Gasteiger partial charge in [-0.15, -0.1) is 0 Å². The van der Waals surface area contributed by atoms with Crippen molar-refractivity contribution < 1.29 is 28.7 Å². The van der Waals surface area contributed by atoms with Gasteiger partial charge in [0.25, 0.3) is 17.1 Å². The van der Waals surface area contributed by atoms with Gasteiger partial charge in [-0.1, -0.05) is 35.9 Å². The number of hydrogen-bond donors (Lipinski definition) is 2. The Kier molecular flexibility index (Phi) is 9.71. The summed E-state index contributed by atoms with van der Waals surface area (Å²) >= 11 is 8.90. The summed E-state index contributed by atoms with van der Waals surface area (Å²) in [5.74, 6) is -0.747. The first-order chi connectivity index (χ1) is 19.1. The van der Waals surface area contributed by atoms with Gasteiger partial charge >= 0.3 is 0 Å². The Bertz CT molecular complexity index is 1520. The van der Waals surface area contributed by atoms with Gasteiger partial charge in [-0.25, -0.2) is 0 Å². The Morgan fingerprint density at radius 2 is 1.75 bits per heavy atom. The third-order valence-corrected chi connectivity index (χ3v) is 7.70. The number of thioether (sulfide) groups is 1. The van der Waals surface area contributed by atoms with Crippen molar-refractivity contribution in [3.05, 3.63) is 85.3 Å². The number of amides is 4. The summed E-state index contributed by atoms with van der Waals surface area (Å²) in [5.41, 5.74) is 2.59. The molecule has 3 aromatic carbocycles. The highest BCUT2D eigenvalue weighted by Gasteiger charge is 2.36. The van der Waals surface area contributed by atoms with Gasteiger partial charge in [0.15, 0.2) is 18.1 Å². The molecule has 1 saturated heterocycles. The number of nitrogens with zero attached hydrogens (tertiary/aromatic N) is 1. The average molecular weight is 692 g/mol. The van der Waals surface area contributed by atoms with Gasteiger partial charge in [-0.05, 0) is 94.9 Å². The SMILES string of the molecule is COc1cc(/C=C2\SC(=O)N(CC(=O)Nc3ccccc3)C2=O)cc(I)c1OCC(=O)Nc1ccc(C)c(Cl)c1. The van der Waals surface area contributed by atoms with Crippen LogP contribution in [0.5, 0.6) is 11.5 Å². The highest BCUT2D eigenvalue weighted by Crippen LogP contribution is 2.37. The number of carbonyl (C=O) groups is 4. The first-order valence-electron chi connectivity index (χ1n) is 11.8. The lowest BCUT2D eigenvalue weighted by Crippen LogP contribution is -2.36. The predicted octanol–water partition coefficient (Wildman–Crippen LogP) is 5.95. The van der Waals surface area contributed by atoms with Crippen LogP contribution in [0.3, 0.4) is 0 Å². The molecule has 0 spiro atoms. The minimum Gasteiger partial charge on any atom is -0.493 e. The molecule has 0 saturated carbocycles. The van der Waals surface area contributed by atoms with E-state index < -0.39 is 23.6 Å². The lowest BCUT2D eigenvalue weighted by atomic mass is 10.2. The van der Waals surface area contributed by atoms with Gasteiger partial charge in [-0.2, -0.15) is 0 Å². The average Bonchev–Trinajstić information content (AvgIpc) is 3.17. The molecule has 12 heteroatoms. The molecule has 3 aromatic rings. The molecule has 0 unspecified atom stereocenters. The smallest absolute Gasteiger partial charge is 0.294 e. The van der Waals surface area contributed by atoms with Crippen LogP contribution in [0.4, 0.5) is 16.2 Å². The molecule has 4 amide bonds. The second-order valence-electron chi connectivity index (χ2n) is 8.52. The van der Waals surface area contributed by atoms with Gasteiger partial charge in [0.05, 0.1) is 15.6 Å². The topological polar surface area (TPSA) is 114 Å². The maximum Gasteiger partial charge on any atom is 0.294 e. The predicted molar refractivity (Wildman–Crippen MR) is 164 cm³/mol. The molecule has 1 aliphatic rings. The van der Waals surface area contributed by atoms with Crippen LogP contribution in [0.25, 0.3) is 6.08 Å². The van der Waals surface area contributed by atoms with Crippen molar-refractivity contribution in [3.63, 3.8) is 0 Å². The first-order valence-corrected chi connectivity index (χ1v) is 14.1. The number of anilines is 2. The van der Waals surface area contributed by atoms with E-state index >= 15 is 0 Å². The molecular formula is C28H23ClIN3O6S. The van der Waals surface area contributed by atoms with Gasteiger partial charge in [0.2, 0.25) is 5.91 Å². The zero-order valence-electron chi connectivity index (χ0n) is 21.3. The highest BCUT2D eigenvalue weighted by atomic mass is 127. The minimum atomic E-state index is -0.569. The number of methoxy groups -OCH3 is 1. The lowest BCUT2D eigenvalue weighted by molar-refractivity contribution is -0.127. The van der Waals surface area contributed by atoms with Crippen molar-refractivity contribution in [2.45, 2.75) is 6.92 Å². The van der Waals surface area contributed by atoms with Crippen LogP contribution in [0.15, 0.2) is 65.6 Å². The van der Waals surface area contributed by atoms with Crippen molar-refractivity contribution in [1.29, 1.82) is 0 Å². The van der Waals surface area contributed by atoms with E-state index in [2.05, 4.69) is 10.6 Å². The van der Waals surface area contributed by atoms with Crippen molar-refractivity contribution in [1.82, 2.24) is 4.90 Å². The summed E-state index contributed by atoms with van der Waals surface area (Å²) in [6, 6.07) is 17.3. The van der Waals surface area contributed by atoms with Crippen LogP contribution in [0.2, 0.25) is 5.02 Å². The number of benzene rings is 3. The van der Waals surface area contributed by atoms with E-state index in [9.17, 15) is 19.2 Å². The van der Waals surface area contributed by atoms with Crippen LogP contribution in [-0.2, 0) is 14.4 Å². The monoisotopic (exact) mass is 691 g/mol. The zero-order chi connectivity index (χ0) is 28.8. The van der Waals surface area contributed by atoms with Crippen molar-refractivity contribution >= 4 is 86.4 Å². The third kappa shape index (κ3) is 7.34. The van der Waals surface area contributed by atoms with E-state index in [1.165, 1.54) is 7.11 Å². The second-order valence-corrected chi connectivity index (χ2v) is 11.1. The molecule has 40 heavy (non-hydrogen) atoms. The van der Waals surface area contributed by atoms with Crippen LogP contribution < -0.4 is 20.1 Å². The Morgan fingerprint density at radius 3 is 2.45 bits per heavy atom. The van der Waals surface area contributed by atoms with E-state index in [1.807, 2.05) is 35.6 Å². The molecule has 2 N–H and O–H groups in total. The largest absolute Gasteiger partial charge is 0.493 e. The van der Waals surface area contributed by atoms with Crippen molar-refractivity contribution in [3.8, 4) is 11.5 Å². The fourth-order valence-corrected chi connectivity index (χ4v) is 5.42. The molecule has 1 fully saturated rings. The molecule has 1 aliphatic heterocycles. The van der Waals surface area contributed by atoms with E-state index in [4.69, 9.17) is 21.1 Å². The van der Waals surface area contributed by atoms with Crippen molar-refractivity contribution in [2.75, 3.05) is 30.9 Å². The molecular weight excluding hydrogens is 669 g/mol. The van der Waals surface area contributed by atoms with Crippen LogP contribution in [0.1, 0.15) is 11.1 Å². The number of hydrogen-bond acceptors (Lipinski definition) is 7. The van der Waals surface area contributed by atoms with Gasteiger partial charge in [0, 0.05) is 16.4 Å². The maximum absolute atomic E-state index is 12.9. The summed E-state index contributed by atoms with van der Waals surface area (Å²) in [7, 11) is 1.45. The van der Waals surface area contributed by atoms with Crippen LogP contribution in [0, 0.1) is 10.5 Å². The zero-order valence-corrected chi connectivity index (χ0v) is 25.1. The molecule has 0 aliphatic carbocycles. The number of aryl methyl sites for hydroxylation is 1. The van der Waals surface area contributed by atoms with Crippen molar-refractivity contribution in [2.24, 2.45) is 0 Å². The van der Waals surface area contributed by atoms with E-state index in [-0.39, 0.29) is 17.4 Å². The number of ether oxygens (including phenoxy) is 2. The number of imide groups is 1. The number of carbonyl (C=O) groups excluding carboxylic acids is 4. The van der Waals surface area contributed by atoms with Gasteiger partial charge in [0.1, 0.15) is 6.54 Å². The second kappa shape index (κ2) is 13.2. The number of nitrogens with one attached hydrogen (secondary N) is 2. The van der Waals surface area contributed by atoms with E-state index in [0.29, 0.717) is 37.0 Å². The van der Waals surface area contributed by atoms with E-state index in [0.717, 1.165) is 22.2 Å². The minimum absolute atomic E-state index is 0.167. The standard InChI is InChI=1S/C28H23ClIN3O6S/c1-16-8-9-19(13-20(16)29)32-25(35)15-39-26-21(30)10-17(11-22(26)38-2)12-23-27(36)33(28(37)40-23)14-24(34)31-18-6-4-3-5-7-18/h3-13H,14-15H2,1-2H3,(H,31,34)(H,32,35)/b23-12-. The Labute approximate surface area is 253 Å². The van der Waals surface area contributed by atoms with E-state index in [1.54, 1.807) is 60.7 Å². The Hall–Kier alpha value is -3.55. The van der Waals surface area contributed by atoms with Crippen LogP contribution >= 0.6 is 46.0 Å². The first kappa shape index (κ1) is 29.4. The molecule has 0 bridgehead atoms. The molecule has 206 valence electrons. The summed E-state index contributed by atoms with van der Waals surface area (Å²) in [6.45, 7) is 1.19. The molecule has 0 aromatic heterocycles. The summed E-state index contributed by atoms with van der Waals surface area (Å²) < 4.78 is 11.8. The van der Waals surface area contributed by atoms with Gasteiger partial charge in [-0.3, -0.25) is 24.1 Å². The molecule has 4 rings (SSSR count). The quantitative estimate of drug-likeness (QED) is 0.211. The molecule has 1 heterocycles. The summed E-state index contributed by atoms with van der Waals surface area (Å²) in [6.07, 6.45) is 1.54. The maximum atomic E-state index is 12.9. The Morgan fingerprint density at radius 1 is 1.02 bits per heavy atom. The summed E-state index contributed by atoms with van der Waals surface area (Å²) in [5, 5.41) is 5.39. The third-order valence-electron chi connectivity index (χ3n) is 5.59. The summed E-state index contributed by atoms with van der Waals surface area (Å²) in [4.78, 5) is 51.3. The number of rotatable bonds is 9. The highest BCUT2D eigenvalue weighted by molar-refractivity contribution is 14.1. The molecule has 0 atom stereocenters. The fraction of sp³-hybridized carbons (Fsp3) is 0.143.